The van der Waals surface area contributed by atoms with Crippen molar-refractivity contribution in [3.05, 3.63) is 48.6 Å². The van der Waals surface area contributed by atoms with Gasteiger partial charge in [0.2, 0.25) is 5.91 Å². The molecule has 2 amide bonds. The van der Waals surface area contributed by atoms with Crippen LogP contribution in [0, 0.1) is 0 Å². The molecule has 0 spiro atoms. The van der Waals surface area contributed by atoms with Gasteiger partial charge in [0.25, 0.3) is 5.91 Å². The highest BCUT2D eigenvalue weighted by Crippen LogP contribution is 2.35. The summed E-state index contributed by atoms with van der Waals surface area (Å²) in [6, 6.07) is 3.35. The molecule has 0 radical (unpaired) electrons. The maximum atomic E-state index is 12.3. The molecule has 8 heteroatoms. The van der Waals surface area contributed by atoms with E-state index < -0.39 is 5.91 Å². The number of hydrogen-bond acceptors (Lipinski definition) is 6. The van der Waals surface area contributed by atoms with E-state index in [1.807, 2.05) is 0 Å². The van der Waals surface area contributed by atoms with Gasteiger partial charge in [-0.2, -0.15) is 0 Å². The van der Waals surface area contributed by atoms with Crippen molar-refractivity contribution >= 4 is 36.0 Å². The number of carbonyl (C=O) groups is 2. The molecule has 1 heterocycles. The topological polar surface area (TPSA) is 106 Å². The monoisotopic (exact) mass is 353 g/mol. The quantitative estimate of drug-likeness (QED) is 0.559. The first-order valence-corrected chi connectivity index (χ1v) is 7.77. The van der Waals surface area contributed by atoms with Crippen molar-refractivity contribution in [2.75, 3.05) is 18.5 Å². The molecule has 0 saturated carbocycles. The van der Waals surface area contributed by atoms with Crippen LogP contribution < -0.4 is 15.4 Å². The minimum atomic E-state index is -0.437. The molecule has 0 fully saturated rings. The Morgan fingerprint density at radius 1 is 1.35 bits per heavy atom. The van der Waals surface area contributed by atoms with Crippen LogP contribution in [0.5, 0.6) is 5.75 Å². The predicted molar refractivity (Wildman–Crippen MR) is 99.9 cm³/mol. The van der Waals surface area contributed by atoms with Crippen molar-refractivity contribution in [3.8, 4) is 5.75 Å². The lowest BCUT2D eigenvalue weighted by molar-refractivity contribution is -0.119. The molecule has 0 aliphatic carbocycles. The largest absolute Gasteiger partial charge is 0.492 e. The third kappa shape index (κ3) is 4.97. The van der Waals surface area contributed by atoms with Gasteiger partial charge in [-0.15, -0.1) is 0 Å². The zero-order chi connectivity index (χ0) is 18.9. The molecule has 2 rings (SSSR count). The Balaban J connectivity index is 2.23. The highest BCUT2D eigenvalue weighted by atomic mass is 16.5. The number of ether oxygens (including phenoxy) is 1. The van der Waals surface area contributed by atoms with Gasteiger partial charge in [0.15, 0.2) is 0 Å². The standard InChI is InChI=1S/C18H19N5O3/c1-4-13-9-14(26-8-7-21-12(2)24)10-15(17(13)19-3)23-18(25)16-11-20-5-6-22-16/h4-6,9-11H,1,3,7-8H2,2H3,(H,21,24)(H,23,25). The van der Waals surface area contributed by atoms with Crippen LogP contribution >= 0.6 is 0 Å². The van der Waals surface area contributed by atoms with Gasteiger partial charge < -0.3 is 15.4 Å². The van der Waals surface area contributed by atoms with Gasteiger partial charge in [-0.1, -0.05) is 12.7 Å². The minimum Gasteiger partial charge on any atom is -0.492 e. The fourth-order valence-corrected chi connectivity index (χ4v) is 2.14. The smallest absolute Gasteiger partial charge is 0.275 e. The molecule has 134 valence electrons. The van der Waals surface area contributed by atoms with Gasteiger partial charge in [0.1, 0.15) is 18.1 Å². The second-order valence-electron chi connectivity index (χ2n) is 5.15. The van der Waals surface area contributed by atoms with Gasteiger partial charge in [0, 0.05) is 30.9 Å². The fraction of sp³-hybridized carbons (Fsp3) is 0.167. The number of amides is 2. The Bertz CT molecular complexity index is 821. The number of nitrogens with zero attached hydrogens (tertiary/aromatic N) is 3. The van der Waals surface area contributed by atoms with Gasteiger partial charge in [-0.25, -0.2) is 4.98 Å². The summed E-state index contributed by atoms with van der Waals surface area (Å²) in [4.78, 5) is 35.0. The van der Waals surface area contributed by atoms with E-state index in [-0.39, 0.29) is 18.2 Å². The molecule has 0 unspecified atom stereocenters. The molecule has 1 aromatic heterocycles. The van der Waals surface area contributed by atoms with Crippen molar-refractivity contribution in [3.63, 3.8) is 0 Å². The van der Waals surface area contributed by atoms with Crippen LogP contribution in [0.4, 0.5) is 11.4 Å². The predicted octanol–water partition coefficient (Wildman–Crippen LogP) is 2.22. The van der Waals surface area contributed by atoms with Gasteiger partial charge >= 0.3 is 0 Å². The number of nitrogens with one attached hydrogen (secondary N) is 2. The normalized spacial score (nSPS) is 9.88. The van der Waals surface area contributed by atoms with Crippen LogP contribution in [-0.2, 0) is 4.79 Å². The maximum Gasteiger partial charge on any atom is 0.275 e. The number of benzene rings is 1. The molecule has 0 aliphatic heterocycles. The molecule has 0 saturated heterocycles. The number of anilines is 1. The molecule has 8 nitrogen and oxygen atoms in total. The van der Waals surface area contributed by atoms with Crippen molar-refractivity contribution in [2.24, 2.45) is 4.99 Å². The summed E-state index contributed by atoms with van der Waals surface area (Å²) in [5.74, 6) is -0.0796. The van der Waals surface area contributed by atoms with Gasteiger partial charge in [0.05, 0.1) is 24.1 Å². The molecule has 26 heavy (non-hydrogen) atoms. The van der Waals surface area contributed by atoms with Crippen LogP contribution in [0.3, 0.4) is 0 Å². The number of carbonyl (C=O) groups excluding carboxylic acids is 2. The van der Waals surface area contributed by atoms with Crippen LogP contribution in [0.2, 0.25) is 0 Å². The fourth-order valence-electron chi connectivity index (χ4n) is 2.14. The Kier molecular flexibility index (Phi) is 6.55. The number of aliphatic imine (C=N–C) groups is 1. The van der Waals surface area contributed by atoms with E-state index in [0.717, 1.165) is 0 Å². The summed E-state index contributed by atoms with van der Waals surface area (Å²) < 4.78 is 5.62. The molecule has 2 N–H and O–H groups in total. The number of hydrogen-bond donors (Lipinski definition) is 2. The Hall–Kier alpha value is -3.55. The summed E-state index contributed by atoms with van der Waals surface area (Å²) >= 11 is 0. The average molecular weight is 353 g/mol. The number of aromatic nitrogens is 2. The summed E-state index contributed by atoms with van der Waals surface area (Å²) in [5.41, 5.74) is 1.68. The summed E-state index contributed by atoms with van der Waals surface area (Å²) in [6.07, 6.45) is 5.85. The van der Waals surface area contributed by atoms with E-state index >= 15 is 0 Å². The molecule has 1 aromatic carbocycles. The molecule has 0 bridgehead atoms. The average Bonchev–Trinajstić information content (AvgIpc) is 2.65. The first-order chi connectivity index (χ1) is 12.5. The summed E-state index contributed by atoms with van der Waals surface area (Å²) in [7, 11) is 0. The van der Waals surface area contributed by atoms with Crippen molar-refractivity contribution in [1.29, 1.82) is 0 Å². The SMILES string of the molecule is C=Cc1cc(OCCNC(C)=O)cc(NC(=O)c2cnccn2)c1N=C. The van der Waals surface area contributed by atoms with E-state index in [1.54, 1.807) is 18.2 Å². The first-order valence-electron chi connectivity index (χ1n) is 7.77. The Morgan fingerprint density at radius 3 is 2.77 bits per heavy atom. The van der Waals surface area contributed by atoms with E-state index in [4.69, 9.17) is 4.74 Å². The lowest BCUT2D eigenvalue weighted by Gasteiger charge is -2.14. The summed E-state index contributed by atoms with van der Waals surface area (Å²) in [6.45, 7) is 9.35. The maximum absolute atomic E-state index is 12.3. The van der Waals surface area contributed by atoms with E-state index in [0.29, 0.717) is 29.2 Å². The lowest BCUT2D eigenvalue weighted by atomic mass is 10.1. The van der Waals surface area contributed by atoms with Crippen molar-refractivity contribution < 1.29 is 14.3 Å². The summed E-state index contributed by atoms with van der Waals surface area (Å²) in [5, 5.41) is 5.37. The third-order valence-corrected chi connectivity index (χ3v) is 3.28. The Morgan fingerprint density at radius 2 is 2.15 bits per heavy atom. The highest BCUT2D eigenvalue weighted by molar-refractivity contribution is 6.05. The second-order valence-corrected chi connectivity index (χ2v) is 5.15. The van der Waals surface area contributed by atoms with Gasteiger partial charge in [-0.3, -0.25) is 19.6 Å². The molecule has 0 atom stereocenters. The van der Waals surface area contributed by atoms with Crippen molar-refractivity contribution in [1.82, 2.24) is 15.3 Å². The van der Waals surface area contributed by atoms with Crippen molar-refractivity contribution in [2.45, 2.75) is 6.92 Å². The minimum absolute atomic E-state index is 0.136. The molecular formula is C18H19N5O3. The van der Waals surface area contributed by atoms with Crippen LogP contribution in [0.25, 0.3) is 6.08 Å². The van der Waals surface area contributed by atoms with E-state index in [2.05, 4.69) is 38.9 Å². The van der Waals surface area contributed by atoms with Crippen LogP contribution in [-0.4, -0.2) is 41.7 Å². The van der Waals surface area contributed by atoms with Gasteiger partial charge in [-0.05, 0) is 12.8 Å². The van der Waals surface area contributed by atoms with Crippen LogP contribution in [0.1, 0.15) is 23.0 Å². The molecular weight excluding hydrogens is 334 g/mol. The molecule has 2 aromatic rings. The zero-order valence-electron chi connectivity index (χ0n) is 14.4. The van der Waals surface area contributed by atoms with E-state index in [9.17, 15) is 9.59 Å². The number of rotatable bonds is 8. The lowest BCUT2D eigenvalue weighted by Crippen LogP contribution is -2.25. The zero-order valence-corrected chi connectivity index (χ0v) is 14.4. The highest BCUT2D eigenvalue weighted by Gasteiger charge is 2.14. The first kappa shape index (κ1) is 18.8. The third-order valence-electron chi connectivity index (χ3n) is 3.28. The Labute approximate surface area is 151 Å². The molecule has 0 aliphatic rings. The van der Waals surface area contributed by atoms with Crippen LogP contribution in [0.15, 0.2) is 42.3 Å². The van der Waals surface area contributed by atoms with E-state index in [1.165, 1.54) is 25.5 Å². The second kappa shape index (κ2) is 9.07.